The van der Waals surface area contributed by atoms with Gasteiger partial charge in [0.1, 0.15) is 5.69 Å². The fraction of sp³-hybridized carbons (Fsp3) is 0.538. The summed E-state index contributed by atoms with van der Waals surface area (Å²) in [5.74, 6) is 0.280. The normalized spacial score (nSPS) is 14.4. The number of nitro groups is 1. The lowest BCUT2D eigenvalue weighted by Gasteiger charge is -2.24. The van der Waals surface area contributed by atoms with Gasteiger partial charge in [0.2, 0.25) is 0 Å². The van der Waals surface area contributed by atoms with Crippen molar-refractivity contribution in [3.8, 4) is 0 Å². The maximum absolute atomic E-state index is 11.2. The third-order valence-corrected chi connectivity index (χ3v) is 3.53. The molecule has 1 saturated carbocycles. The molecule has 104 valence electrons. The van der Waals surface area contributed by atoms with E-state index in [1.807, 2.05) is 6.07 Å². The number of anilines is 1. The number of rotatable bonds is 7. The first kappa shape index (κ1) is 14.1. The van der Waals surface area contributed by atoms with Gasteiger partial charge in [-0.05, 0) is 24.5 Å². The summed E-state index contributed by atoms with van der Waals surface area (Å²) in [5.41, 5.74) is 1.55. The smallest absolute Gasteiger partial charge is 0.292 e. The van der Waals surface area contributed by atoms with Gasteiger partial charge in [-0.15, -0.1) is 11.6 Å². The van der Waals surface area contributed by atoms with Gasteiger partial charge in [0.05, 0.1) is 11.5 Å². The van der Waals surface area contributed by atoms with Crippen molar-refractivity contribution < 1.29 is 9.66 Å². The fourth-order valence-electron chi connectivity index (χ4n) is 2.12. The van der Waals surface area contributed by atoms with Gasteiger partial charge < -0.3 is 9.64 Å². The van der Waals surface area contributed by atoms with Crippen LogP contribution in [-0.4, -0.2) is 31.2 Å². The molecule has 1 aliphatic carbocycles. The Morgan fingerprint density at radius 1 is 1.53 bits per heavy atom. The van der Waals surface area contributed by atoms with Crippen molar-refractivity contribution in [1.82, 2.24) is 0 Å². The Labute approximate surface area is 117 Å². The molecule has 0 amide bonds. The van der Waals surface area contributed by atoms with Gasteiger partial charge in [-0.2, -0.15) is 0 Å². The molecule has 0 unspecified atom stereocenters. The van der Waals surface area contributed by atoms with E-state index in [1.165, 1.54) is 0 Å². The number of halogens is 1. The monoisotopic (exact) mass is 284 g/mol. The Morgan fingerprint density at radius 3 is 2.79 bits per heavy atom. The molecule has 6 heteroatoms. The molecule has 0 heterocycles. The number of alkyl halides is 1. The number of hydrogen-bond donors (Lipinski definition) is 0. The fourth-order valence-corrected chi connectivity index (χ4v) is 2.28. The minimum atomic E-state index is -0.340. The molecule has 0 bridgehead atoms. The number of nitrogens with zero attached hydrogens (tertiary/aromatic N) is 2. The standard InChI is InChI=1S/C13H17ClN2O3/c1-19-7-6-15(11-3-4-11)12-5-2-10(9-14)8-13(12)16(17)18/h2,5,8,11H,3-4,6-7,9H2,1H3. The maximum Gasteiger partial charge on any atom is 0.292 e. The van der Waals surface area contributed by atoms with Gasteiger partial charge >= 0.3 is 0 Å². The summed E-state index contributed by atoms with van der Waals surface area (Å²) in [6.07, 6.45) is 2.16. The Kier molecular flexibility index (Phi) is 4.61. The van der Waals surface area contributed by atoms with Crippen molar-refractivity contribution >= 4 is 23.0 Å². The highest BCUT2D eigenvalue weighted by Gasteiger charge is 2.32. The molecule has 1 fully saturated rings. The molecule has 0 aromatic heterocycles. The molecular formula is C13H17ClN2O3. The van der Waals surface area contributed by atoms with E-state index in [-0.39, 0.29) is 16.5 Å². The van der Waals surface area contributed by atoms with E-state index in [0.29, 0.717) is 24.9 Å². The van der Waals surface area contributed by atoms with Crippen molar-refractivity contribution in [1.29, 1.82) is 0 Å². The van der Waals surface area contributed by atoms with Crippen molar-refractivity contribution in [2.45, 2.75) is 24.8 Å². The van der Waals surface area contributed by atoms with Crippen LogP contribution < -0.4 is 4.90 Å². The summed E-state index contributed by atoms with van der Waals surface area (Å²) >= 11 is 5.74. The molecule has 0 aliphatic heterocycles. The second-order valence-corrected chi connectivity index (χ2v) is 4.90. The number of nitro benzene ring substituents is 1. The van der Waals surface area contributed by atoms with Crippen LogP contribution in [0.5, 0.6) is 0 Å². The van der Waals surface area contributed by atoms with Crippen LogP contribution in [0.1, 0.15) is 18.4 Å². The highest BCUT2D eigenvalue weighted by atomic mass is 35.5. The molecular weight excluding hydrogens is 268 g/mol. The first-order valence-corrected chi connectivity index (χ1v) is 6.79. The Bertz CT molecular complexity index is 463. The van der Waals surface area contributed by atoms with Crippen LogP contribution in [0.2, 0.25) is 0 Å². The van der Waals surface area contributed by atoms with E-state index in [2.05, 4.69) is 4.90 Å². The SMILES string of the molecule is COCCN(c1ccc(CCl)cc1[N+](=O)[O-])C1CC1. The summed E-state index contributed by atoms with van der Waals surface area (Å²) in [4.78, 5) is 12.9. The van der Waals surface area contributed by atoms with Crippen molar-refractivity contribution in [2.75, 3.05) is 25.2 Å². The zero-order valence-corrected chi connectivity index (χ0v) is 11.6. The minimum Gasteiger partial charge on any atom is -0.383 e. The number of methoxy groups -OCH3 is 1. The molecule has 1 aromatic carbocycles. The average molecular weight is 285 g/mol. The van der Waals surface area contributed by atoms with Crippen LogP contribution >= 0.6 is 11.6 Å². The predicted octanol–water partition coefficient (Wildman–Crippen LogP) is 2.95. The molecule has 0 spiro atoms. The minimum absolute atomic E-state index is 0.126. The van der Waals surface area contributed by atoms with E-state index in [1.54, 1.807) is 19.2 Å². The highest BCUT2D eigenvalue weighted by Crippen LogP contribution is 2.37. The van der Waals surface area contributed by atoms with Crippen LogP contribution in [-0.2, 0) is 10.6 Å². The van der Waals surface area contributed by atoms with Crippen molar-refractivity contribution in [3.63, 3.8) is 0 Å². The predicted molar refractivity (Wildman–Crippen MR) is 74.9 cm³/mol. The Morgan fingerprint density at radius 2 is 2.26 bits per heavy atom. The van der Waals surface area contributed by atoms with E-state index < -0.39 is 0 Å². The first-order valence-electron chi connectivity index (χ1n) is 6.26. The average Bonchev–Trinajstić information content (AvgIpc) is 3.23. The van der Waals surface area contributed by atoms with Gasteiger partial charge in [-0.3, -0.25) is 10.1 Å². The molecule has 1 aliphatic rings. The van der Waals surface area contributed by atoms with Gasteiger partial charge in [-0.1, -0.05) is 6.07 Å². The van der Waals surface area contributed by atoms with Crippen molar-refractivity contribution in [3.05, 3.63) is 33.9 Å². The lowest BCUT2D eigenvalue weighted by molar-refractivity contribution is -0.384. The topological polar surface area (TPSA) is 55.6 Å². The van der Waals surface area contributed by atoms with Gasteiger partial charge in [-0.25, -0.2) is 0 Å². The molecule has 0 N–H and O–H groups in total. The number of ether oxygens (including phenoxy) is 1. The lowest BCUT2D eigenvalue weighted by atomic mass is 10.1. The molecule has 2 rings (SSSR count). The van der Waals surface area contributed by atoms with E-state index in [9.17, 15) is 10.1 Å². The van der Waals surface area contributed by atoms with Crippen LogP contribution in [0.3, 0.4) is 0 Å². The number of hydrogen-bond acceptors (Lipinski definition) is 4. The zero-order chi connectivity index (χ0) is 13.8. The highest BCUT2D eigenvalue weighted by molar-refractivity contribution is 6.17. The molecule has 0 radical (unpaired) electrons. The van der Waals surface area contributed by atoms with Crippen LogP contribution in [0.25, 0.3) is 0 Å². The maximum atomic E-state index is 11.2. The Hall–Kier alpha value is -1.33. The molecule has 19 heavy (non-hydrogen) atoms. The van der Waals surface area contributed by atoms with Crippen LogP contribution in [0, 0.1) is 10.1 Å². The largest absolute Gasteiger partial charge is 0.383 e. The second-order valence-electron chi connectivity index (χ2n) is 4.63. The Balaban J connectivity index is 2.32. The molecule has 5 nitrogen and oxygen atoms in total. The third kappa shape index (κ3) is 3.36. The molecule has 0 saturated heterocycles. The van der Waals surface area contributed by atoms with Gasteiger partial charge in [0.25, 0.3) is 5.69 Å². The van der Waals surface area contributed by atoms with E-state index in [0.717, 1.165) is 18.4 Å². The van der Waals surface area contributed by atoms with Gasteiger partial charge in [0.15, 0.2) is 0 Å². The third-order valence-electron chi connectivity index (χ3n) is 3.22. The first-order chi connectivity index (χ1) is 9.17. The quantitative estimate of drug-likeness (QED) is 0.439. The van der Waals surface area contributed by atoms with Crippen molar-refractivity contribution in [2.24, 2.45) is 0 Å². The second kappa shape index (κ2) is 6.21. The molecule has 1 aromatic rings. The van der Waals surface area contributed by atoms with Crippen LogP contribution in [0.15, 0.2) is 18.2 Å². The number of benzene rings is 1. The summed E-state index contributed by atoms with van der Waals surface area (Å²) < 4.78 is 5.08. The lowest BCUT2D eigenvalue weighted by Crippen LogP contribution is -2.30. The van der Waals surface area contributed by atoms with Gasteiger partial charge in [0, 0.05) is 31.6 Å². The zero-order valence-electron chi connectivity index (χ0n) is 10.8. The summed E-state index contributed by atoms with van der Waals surface area (Å²) in [5, 5.41) is 11.2. The molecule has 0 atom stereocenters. The van der Waals surface area contributed by atoms with E-state index in [4.69, 9.17) is 16.3 Å². The summed E-state index contributed by atoms with van der Waals surface area (Å²) in [6, 6.07) is 5.60. The summed E-state index contributed by atoms with van der Waals surface area (Å²) in [7, 11) is 1.64. The summed E-state index contributed by atoms with van der Waals surface area (Å²) in [6.45, 7) is 1.23. The van der Waals surface area contributed by atoms with E-state index >= 15 is 0 Å². The van der Waals surface area contributed by atoms with Crippen LogP contribution in [0.4, 0.5) is 11.4 Å².